The smallest absolute Gasteiger partial charge is 0.316 e. The summed E-state index contributed by atoms with van der Waals surface area (Å²) >= 11 is 13.9. The topological polar surface area (TPSA) is 84.5 Å². The van der Waals surface area contributed by atoms with Gasteiger partial charge in [0.25, 0.3) is 11.8 Å². The molecular formula is C26H22Cl2N2O4S. The summed E-state index contributed by atoms with van der Waals surface area (Å²) in [5.74, 6) is -1.21. The van der Waals surface area contributed by atoms with Gasteiger partial charge in [-0.3, -0.25) is 14.4 Å². The van der Waals surface area contributed by atoms with Crippen LogP contribution in [-0.2, 0) is 14.3 Å². The van der Waals surface area contributed by atoms with E-state index in [-0.39, 0.29) is 17.4 Å². The Labute approximate surface area is 217 Å². The van der Waals surface area contributed by atoms with Crippen molar-refractivity contribution in [3.63, 3.8) is 0 Å². The highest BCUT2D eigenvalue weighted by molar-refractivity contribution is 8.00. The quantitative estimate of drug-likeness (QED) is 0.200. The van der Waals surface area contributed by atoms with Crippen LogP contribution in [0.15, 0.2) is 83.4 Å². The first-order chi connectivity index (χ1) is 16.9. The third kappa shape index (κ3) is 7.89. The highest BCUT2D eigenvalue weighted by Gasteiger charge is 2.17. The van der Waals surface area contributed by atoms with Crippen molar-refractivity contribution in [2.75, 3.05) is 17.7 Å². The molecule has 0 spiro atoms. The number of esters is 1. The maximum absolute atomic E-state index is 13.2. The van der Waals surface area contributed by atoms with E-state index >= 15 is 0 Å². The highest BCUT2D eigenvalue weighted by Crippen LogP contribution is 2.27. The Morgan fingerprint density at radius 3 is 2.31 bits per heavy atom. The fraction of sp³-hybridized carbons (Fsp3) is 0.115. The molecule has 0 radical (unpaired) electrons. The number of hydrogen-bond acceptors (Lipinski definition) is 5. The summed E-state index contributed by atoms with van der Waals surface area (Å²) in [6.45, 7) is 2.06. The van der Waals surface area contributed by atoms with Gasteiger partial charge in [-0.2, -0.15) is 0 Å². The first kappa shape index (κ1) is 26.3. The van der Waals surface area contributed by atoms with Crippen molar-refractivity contribution < 1.29 is 19.1 Å². The number of anilines is 1. The minimum Gasteiger partial charge on any atom is -0.465 e. The van der Waals surface area contributed by atoms with E-state index in [1.807, 2.05) is 6.07 Å². The van der Waals surface area contributed by atoms with Crippen molar-refractivity contribution in [1.82, 2.24) is 5.32 Å². The largest absolute Gasteiger partial charge is 0.465 e. The minimum absolute atomic E-state index is 0.0431. The van der Waals surface area contributed by atoms with Gasteiger partial charge in [-0.15, -0.1) is 11.8 Å². The molecule has 35 heavy (non-hydrogen) atoms. The zero-order valence-electron chi connectivity index (χ0n) is 18.7. The number of rotatable bonds is 9. The monoisotopic (exact) mass is 528 g/mol. The highest BCUT2D eigenvalue weighted by atomic mass is 35.5. The number of benzene rings is 3. The van der Waals surface area contributed by atoms with E-state index in [9.17, 15) is 14.4 Å². The second-order valence-corrected chi connectivity index (χ2v) is 8.95. The molecule has 0 unspecified atom stereocenters. The van der Waals surface area contributed by atoms with Gasteiger partial charge in [0, 0.05) is 31.8 Å². The van der Waals surface area contributed by atoms with E-state index in [4.69, 9.17) is 27.9 Å². The van der Waals surface area contributed by atoms with Gasteiger partial charge < -0.3 is 15.4 Å². The maximum atomic E-state index is 13.2. The molecule has 0 aliphatic carbocycles. The first-order valence-electron chi connectivity index (χ1n) is 10.6. The number of halogens is 2. The van der Waals surface area contributed by atoms with Gasteiger partial charge in [0.2, 0.25) is 0 Å². The summed E-state index contributed by atoms with van der Waals surface area (Å²) in [5.41, 5.74) is 1.22. The van der Waals surface area contributed by atoms with E-state index < -0.39 is 11.8 Å². The standard InChI is InChI=1S/C26H22Cl2N2O4S/c1-2-34-24(31)16-35-19-11-6-10-18(14-19)29-26(33)23(15-20-21(27)12-7-13-22(20)28)30-25(32)17-8-4-3-5-9-17/h3-15H,2,16H2,1H3,(H,29,33)(H,30,32)/b23-15+. The average molecular weight is 529 g/mol. The average Bonchev–Trinajstić information content (AvgIpc) is 2.85. The van der Waals surface area contributed by atoms with Crippen LogP contribution in [0.4, 0.5) is 5.69 Å². The molecule has 0 saturated heterocycles. The lowest BCUT2D eigenvalue weighted by Gasteiger charge is -2.13. The van der Waals surface area contributed by atoms with Crippen LogP contribution in [0.1, 0.15) is 22.8 Å². The molecule has 0 aliphatic heterocycles. The maximum Gasteiger partial charge on any atom is 0.316 e. The van der Waals surface area contributed by atoms with Crippen LogP contribution in [0.5, 0.6) is 0 Å². The van der Waals surface area contributed by atoms with Crippen LogP contribution in [0.2, 0.25) is 10.0 Å². The van der Waals surface area contributed by atoms with E-state index in [0.717, 1.165) is 4.90 Å². The molecule has 0 atom stereocenters. The lowest BCUT2D eigenvalue weighted by atomic mass is 10.1. The number of amides is 2. The zero-order chi connectivity index (χ0) is 25.2. The van der Waals surface area contributed by atoms with Crippen molar-refractivity contribution in [2.24, 2.45) is 0 Å². The number of ether oxygens (including phenoxy) is 1. The van der Waals surface area contributed by atoms with Gasteiger partial charge in [-0.25, -0.2) is 0 Å². The molecule has 0 aliphatic rings. The number of carbonyl (C=O) groups is 3. The van der Waals surface area contributed by atoms with Crippen LogP contribution in [-0.4, -0.2) is 30.1 Å². The van der Waals surface area contributed by atoms with E-state index in [2.05, 4.69) is 10.6 Å². The van der Waals surface area contributed by atoms with Crippen molar-refractivity contribution in [1.29, 1.82) is 0 Å². The molecule has 3 aromatic rings. The molecular weight excluding hydrogens is 507 g/mol. The summed E-state index contributed by atoms with van der Waals surface area (Å²) in [7, 11) is 0. The van der Waals surface area contributed by atoms with Crippen molar-refractivity contribution >= 4 is 64.5 Å². The molecule has 2 N–H and O–H groups in total. The van der Waals surface area contributed by atoms with Crippen LogP contribution < -0.4 is 10.6 Å². The fourth-order valence-electron chi connectivity index (χ4n) is 2.94. The summed E-state index contributed by atoms with van der Waals surface area (Å²) in [6.07, 6.45) is 1.43. The Kier molecular flexibility index (Phi) is 9.78. The Hall–Kier alpha value is -3.26. The second kappa shape index (κ2) is 13.0. The number of hydrogen-bond donors (Lipinski definition) is 2. The molecule has 0 heterocycles. The van der Waals surface area contributed by atoms with Crippen LogP contribution >= 0.6 is 35.0 Å². The van der Waals surface area contributed by atoms with Gasteiger partial charge >= 0.3 is 5.97 Å². The molecule has 0 fully saturated rings. The number of carbonyl (C=O) groups excluding carboxylic acids is 3. The summed E-state index contributed by atoms with van der Waals surface area (Å²) < 4.78 is 4.94. The van der Waals surface area contributed by atoms with Gasteiger partial charge in [0.15, 0.2) is 0 Å². The third-order valence-corrected chi connectivity index (χ3v) is 6.20. The molecule has 0 aromatic heterocycles. The Bertz CT molecular complexity index is 1230. The Morgan fingerprint density at radius 1 is 0.943 bits per heavy atom. The zero-order valence-corrected chi connectivity index (χ0v) is 21.0. The number of thioether (sulfide) groups is 1. The molecule has 3 aromatic carbocycles. The van der Waals surface area contributed by atoms with E-state index in [1.54, 1.807) is 73.7 Å². The van der Waals surface area contributed by atoms with Crippen LogP contribution in [0.25, 0.3) is 6.08 Å². The molecule has 6 nitrogen and oxygen atoms in total. The van der Waals surface area contributed by atoms with Crippen molar-refractivity contribution in [3.8, 4) is 0 Å². The van der Waals surface area contributed by atoms with Crippen molar-refractivity contribution in [2.45, 2.75) is 11.8 Å². The fourth-order valence-corrected chi connectivity index (χ4v) is 4.20. The normalized spacial score (nSPS) is 11.0. The van der Waals surface area contributed by atoms with E-state index in [0.29, 0.717) is 33.5 Å². The second-order valence-electron chi connectivity index (χ2n) is 7.09. The lowest BCUT2D eigenvalue weighted by Crippen LogP contribution is -2.30. The molecule has 3 rings (SSSR count). The third-order valence-electron chi connectivity index (χ3n) is 4.57. The SMILES string of the molecule is CCOC(=O)CSc1cccc(NC(=O)/C(=C\c2c(Cl)cccc2Cl)NC(=O)c2ccccc2)c1. The summed E-state index contributed by atoms with van der Waals surface area (Å²) in [5, 5.41) is 6.08. The molecule has 9 heteroatoms. The first-order valence-corrected chi connectivity index (χ1v) is 12.3. The van der Waals surface area contributed by atoms with Gasteiger partial charge in [0.1, 0.15) is 5.70 Å². The lowest BCUT2D eigenvalue weighted by molar-refractivity contribution is -0.139. The predicted molar refractivity (Wildman–Crippen MR) is 141 cm³/mol. The molecule has 2 amide bonds. The van der Waals surface area contributed by atoms with Crippen molar-refractivity contribution in [3.05, 3.63) is 99.7 Å². The van der Waals surface area contributed by atoms with Gasteiger partial charge in [-0.05, 0) is 55.5 Å². The molecule has 0 saturated carbocycles. The summed E-state index contributed by atoms with van der Waals surface area (Å²) in [4.78, 5) is 38.4. The number of nitrogens with one attached hydrogen (secondary N) is 2. The molecule has 0 bridgehead atoms. The minimum atomic E-state index is -0.571. The van der Waals surface area contributed by atoms with E-state index in [1.165, 1.54) is 17.8 Å². The van der Waals surface area contributed by atoms with Crippen LogP contribution in [0.3, 0.4) is 0 Å². The Balaban J connectivity index is 1.84. The molecule has 180 valence electrons. The Morgan fingerprint density at radius 2 is 1.63 bits per heavy atom. The van der Waals surface area contributed by atoms with Gasteiger partial charge in [-0.1, -0.05) is 53.5 Å². The predicted octanol–water partition coefficient (Wildman–Crippen LogP) is 6.06. The van der Waals surface area contributed by atoms with Crippen LogP contribution in [0, 0.1) is 0 Å². The van der Waals surface area contributed by atoms with Gasteiger partial charge in [0.05, 0.1) is 12.4 Å². The summed E-state index contributed by atoms with van der Waals surface area (Å²) in [6, 6.07) is 20.5.